The number of rotatable bonds is 7. The van der Waals surface area contributed by atoms with E-state index in [2.05, 4.69) is 4.99 Å². The van der Waals surface area contributed by atoms with E-state index in [-0.39, 0.29) is 39.4 Å². The Morgan fingerprint density at radius 2 is 1.96 bits per heavy atom. The maximum absolute atomic E-state index is 12.3. The second kappa shape index (κ2) is 9.43. The molecule has 0 heterocycles. The summed E-state index contributed by atoms with van der Waals surface area (Å²) in [4.78, 5) is 16.3. The van der Waals surface area contributed by atoms with E-state index in [1.54, 1.807) is 6.07 Å². The fourth-order valence-corrected chi connectivity index (χ4v) is 2.75. The summed E-state index contributed by atoms with van der Waals surface area (Å²) in [6.45, 7) is 0. The molecule has 6 N–H and O–H groups in total. The summed E-state index contributed by atoms with van der Waals surface area (Å²) >= 11 is 0.965. The van der Waals surface area contributed by atoms with Gasteiger partial charge in [0.15, 0.2) is 22.4 Å². The van der Waals surface area contributed by atoms with Crippen LogP contribution in [0.15, 0.2) is 47.5 Å². The van der Waals surface area contributed by atoms with Crippen molar-refractivity contribution in [2.24, 2.45) is 10.7 Å². The van der Waals surface area contributed by atoms with Crippen molar-refractivity contribution in [1.82, 2.24) is 0 Å². The zero-order chi connectivity index (χ0) is 20.0. The average molecular weight is 394 g/mol. The molecule has 0 radical (unpaired) electrons. The third kappa shape index (κ3) is 5.74. The van der Waals surface area contributed by atoms with Gasteiger partial charge in [-0.05, 0) is 18.2 Å². The maximum Gasteiger partial charge on any atom is 0.206 e. The molecule has 0 bridgehead atoms. The molecule has 0 aliphatic rings. The number of quaternary nitrogens is 2. The SMILES string of the molecule is COc1ccc(C(=O)CSC(N)=Nc2cccc([NH+]([O-])O)c2)cc1[NH+]([O-])O. The second-order valence-electron chi connectivity index (χ2n) is 5.24. The van der Waals surface area contributed by atoms with Gasteiger partial charge in [-0.1, -0.05) is 17.8 Å². The highest BCUT2D eigenvalue weighted by atomic mass is 32.2. The van der Waals surface area contributed by atoms with Crippen LogP contribution in [-0.4, -0.2) is 34.2 Å². The van der Waals surface area contributed by atoms with Crippen molar-refractivity contribution in [3.8, 4) is 5.75 Å². The number of hydrogen-bond donors (Lipinski definition) is 5. The first-order valence-electron chi connectivity index (χ1n) is 7.56. The highest BCUT2D eigenvalue weighted by molar-refractivity contribution is 8.14. The number of thioether (sulfide) groups is 1. The van der Waals surface area contributed by atoms with Crippen molar-refractivity contribution in [2.75, 3.05) is 12.9 Å². The molecule has 2 atom stereocenters. The molecular weight excluding hydrogens is 376 g/mol. The number of nitrogens with one attached hydrogen (secondary N) is 2. The Bertz CT molecular complexity index is 843. The number of amidine groups is 1. The van der Waals surface area contributed by atoms with Crippen LogP contribution in [-0.2, 0) is 0 Å². The van der Waals surface area contributed by atoms with Gasteiger partial charge >= 0.3 is 0 Å². The third-order valence-electron chi connectivity index (χ3n) is 3.44. The first-order valence-corrected chi connectivity index (χ1v) is 8.55. The molecule has 2 aromatic rings. The Balaban J connectivity index is 2.06. The molecule has 0 amide bonds. The van der Waals surface area contributed by atoms with Gasteiger partial charge in [-0.25, -0.2) is 15.4 Å². The van der Waals surface area contributed by atoms with E-state index in [0.717, 1.165) is 11.8 Å². The molecule has 2 rings (SSSR count). The van der Waals surface area contributed by atoms with Gasteiger partial charge in [0.25, 0.3) is 0 Å². The fraction of sp³-hybridized carbons (Fsp3) is 0.125. The van der Waals surface area contributed by atoms with Crippen molar-refractivity contribution in [2.45, 2.75) is 0 Å². The van der Waals surface area contributed by atoms with Crippen LogP contribution in [0.5, 0.6) is 5.75 Å². The van der Waals surface area contributed by atoms with Crippen molar-refractivity contribution in [3.05, 3.63) is 58.4 Å². The minimum absolute atomic E-state index is 0.0562. The monoisotopic (exact) mass is 394 g/mol. The smallest absolute Gasteiger partial charge is 0.206 e. The van der Waals surface area contributed by atoms with Crippen molar-refractivity contribution >= 4 is 39.8 Å². The van der Waals surface area contributed by atoms with Crippen LogP contribution in [0.4, 0.5) is 17.1 Å². The standard InChI is InChI=1S/C16H18N4O6S/c1-26-15-6-5-10(7-13(15)20(24)25)14(21)9-27-16(17)18-11-3-2-4-12(8-11)19(22)23/h2-8,19-20,22,24H,9H2,1H3,(H2,17,18). The van der Waals surface area contributed by atoms with E-state index in [9.17, 15) is 15.2 Å². The zero-order valence-electron chi connectivity index (χ0n) is 14.2. The number of hydrogen-bond acceptors (Lipinski definition) is 8. The number of methoxy groups -OCH3 is 1. The highest BCUT2D eigenvalue weighted by Crippen LogP contribution is 2.23. The lowest BCUT2D eigenvalue weighted by atomic mass is 10.1. The minimum atomic E-state index is -1.20. The van der Waals surface area contributed by atoms with E-state index >= 15 is 0 Å². The fourth-order valence-electron chi connectivity index (χ4n) is 2.14. The van der Waals surface area contributed by atoms with Crippen LogP contribution in [0, 0.1) is 10.4 Å². The molecule has 0 fully saturated rings. The molecule has 0 aliphatic carbocycles. The van der Waals surface area contributed by atoms with E-state index < -0.39 is 10.5 Å². The summed E-state index contributed by atoms with van der Waals surface area (Å²) < 4.78 is 4.95. The molecule has 0 saturated heterocycles. The molecule has 0 aromatic heterocycles. The van der Waals surface area contributed by atoms with Crippen LogP contribution in [0.1, 0.15) is 10.4 Å². The number of ketones is 1. The number of carbonyl (C=O) groups excluding carboxylic acids is 1. The van der Waals surface area contributed by atoms with Gasteiger partial charge < -0.3 is 20.9 Å². The number of Topliss-reactive ketones (excluding diaryl/α,β-unsaturated/α-hetero) is 1. The van der Waals surface area contributed by atoms with Crippen LogP contribution in [0.3, 0.4) is 0 Å². The topological polar surface area (TPSA) is 160 Å². The van der Waals surface area contributed by atoms with Crippen molar-refractivity contribution in [3.63, 3.8) is 0 Å². The summed E-state index contributed by atoms with van der Waals surface area (Å²) in [5, 5.41) is 38.1. The molecular formula is C16H18N4O6S. The van der Waals surface area contributed by atoms with E-state index in [1.165, 1.54) is 43.5 Å². The summed E-state index contributed by atoms with van der Waals surface area (Å²) in [6.07, 6.45) is 0. The van der Waals surface area contributed by atoms with Crippen LogP contribution >= 0.6 is 11.8 Å². The number of aliphatic imine (C=N–C) groups is 1. The van der Waals surface area contributed by atoms with E-state index in [0.29, 0.717) is 5.69 Å². The second-order valence-corrected chi connectivity index (χ2v) is 6.23. The molecule has 144 valence electrons. The lowest BCUT2D eigenvalue weighted by Crippen LogP contribution is -2.99. The van der Waals surface area contributed by atoms with Crippen LogP contribution < -0.4 is 20.9 Å². The normalized spacial score (nSPS) is 13.9. The number of nitrogens with zero attached hydrogens (tertiary/aromatic N) is 1. The predicted molar refractivity (Wildman–Crippen MR) is 99.1 cm³/mol. The Morgan fingerprint density at radius 1 is 1.22 bits per heavy atom. The van der Waals surface area contributed by atoms with Gasteiger partial charge in [0.2, 0.25) is 5.69 Å². The summed E-state index contributed by atoms with van der Waals surface area (Å²) in [6, 6.07) is 10.0. The Kier molecular flexibility index (Phi) is 7.27. The molecule has 2 aromatic carbocycles. The molecule has 0 spiro atoms. The summed E-state index contributed by atoms with van der Waals surface area (Å²) in [5.74, 6) is -0.229. The Hall–Kier alpha value is -2.51. The Labute approximate surface area is 158 Å². The van der Waals surface area contributed by atoms with Gasteiger partial charge in [0.05, 0.1) is 18.6 Å². The largest absolute Gasteiger partial charge is 0.595 e. The molecule has 10 nitrogen and oxygen atoms in total. The van der Waals surface area contributed by atoms with Gasteiger partial charge in [0, 0.05) is 23.8 Å². The average Bonchev–Trinajstić information content (AvgIpc) is 2.65. The highest BCUT2D eigenvalue weighted by Gasteiger charge is 2.15. The zero-order valence-corrected chi connectivity index (χ0v) is 15.0. The predicted octanol–water partition coefficient (Wildman–Crippen LogP) is 0.0643. The first kappa shape index (κ1) is 20.8. The molecule has 0 aliphatic heterocycles. The minimum Gasteiger partial charge on any atom is -0.595 e. The maximum atomic E-state index is 12.3. The number of benzene rings is 2. The lowest BCUT2D eigenvalue weighted by molar-refractivity contribution is -0.991. The number of carbonyl (C=O) groups is 1. The molecule has 27 heavy (non-hydrogen) atoms. The number of nitrogens with two attached hydrogens (primary N) is 1. The Morgan fingerprint density at radius 3 is 2.59 bits per heavy atom. The van der Waals surface area contributed by atoms with E-state index in [4.69, 9.17) is 20.9 Å². The molecule has 0 saturated carbocycles. The summed E-state index contributed by atoms with van der Waals surface area (Å²) in [5.41, 5.74) is 6.31. The van der Waals surface area contributed by atoms with Gasteiger partial charge in [-0.2, -0.15) is 10.5 Å². The third-order valence-corrected chi connectivity index (χ3v) is 4.23. The van der Waals surface area contributed by atoms with Crippen LogP contribution in [0.25, 0.3) is 0 Å². The lowest BCUT2D eigenvalue weighted by Gasteiger charge is -2.15. The van der Waals surface area contributed by atoms with Gasteiger partial charge in [0.1, 0.15) is 0 Å². The van der Waals surface area contributed by atoms with Gasteiger partial charge in [-0.3, -0.25) is 4.79 Å². The quantitative estimate of drug-likeness (QED) is 0.191. The van der Waals surface area contributed by atoms with Crippen molar-refractivity contribution in [1.29, 1.82) is 0 Å². The van der Waals surface area contributed by atoms with Crippen LogP contribution in [0.2, 0.25) is 0 Å². The summed E-state index contributed by atoms with van der Waals surface area (Å²) in [7, 11) is 1.34. The molecule has 11 heteroatoms. The number of ether oxygens (including phenoxy) is 1. The van der Waals surface area contributed by atoms with E-state index in [1.807, 2.05) is 0 Å². The first-order chi connectivity index (χ1) is 12.8. The van der Waals surface area contributed by atoms with Crippen molar-refractivity contribution < 1.29 is 30.4 Å². The van der Waals surface area contributed by atoms with Gasteiger partial charge in [-0.15, -0.1) is 0 Å². The molecule has 2 unspecified atom stereocenters.